The summed E-state index contributed by atoms with van der Waals surface area (Å²) in [7, 11) is 1.58. The molecule has 0 unspecified atom stereocenters. The lowest BCUT2D eigenvalue weighted by atomic mass is 10.2. The van der Waals surface area contributed by atoms with Gasteiger partial charge in [0.15, 0.2) is 0 Å². The first-order valence-electron chi connectivity index (χ1n) is 5.61. The second-order valence-electron chi connectivity index (χ2n) is 3.95. The summed E-state index contributed by atoms with van der Waals surface area (Å²) < 4.78 is 32.6. The summed E-state index contributed by atoms with van der Waals surface area (Å²) in [5.41, 5.74) is 0.779. The van der Waals surface area contributed by atoms with E-state index in [1.54, 1.807) is 19.2 Å². The summed E-state index contributed by atoms with van der Waals surface area (Å²) in [5, 5.41) is 2.75. The van der Waals surface area contributed by atoms with Crippen molar-refractivity contribution in [1.82, 2.24) is 0 Å². The monoisotopic (exact) mass is 327 g/mol. The highest BCUT2D eigenvalue weighted by Gasteiger charge is 2.09. The maximum Gasteiger partial charge on any atom is 0.150 e. The van der Waals surface area contributed by atoms with E-state index in [1.807, 2.05) is 12.1 Å². The Balaban J connectivity index is 2.10. The summed E-state index contributed by atoms with van der Waals surface area (Å²) in [6.45, 7) is 0.333. The molecule has 0 bridgehead atoms. The minimum atomic E-state index is -0.625. The molecule has 2 nitrogen and oxygen atoms in total. The van der Waals surface area contributed by atoms with Crippen LogP contribution in [0.2, 0.25) is 0 Å². The number of hydrogen-bond donors (Lipinski definition) is 1. The van der Waals surface area contributed by atoms with Gasteiger partial charge in [-0.1, -0.05) is 28.1 Å². The van der Waals surface area contributed by atoms with Crippen molar-refractivity contribution >= 4 is 21.6 Å². The molecular formula is C14H12BrF2NO. The second kappa shape index (κ2) is 6.02. The topological polar surface area (TPSA) is 21.3 Å². The molecular weight excluding hydrogens is 316 g/mol. The van der Waals surface area contributed by atoms with Crippen LogP contribution in [0.3, 0.4) is 0 Å². The zero-order valence-electron chi connectivity index (χ0n) is 10.2. The van der Waals surface area contributed by atoms with Gasteiger partial charge >= 0.3 is 0 Å². The lowest BCUT2D eigenvalue weighted by molar-refractivity contribution is 0.414. The van der Waals surface area contributed by atoms with Crippen LogP contribution >= 0.6 is 15.9 Å². The Morgan fingerprint density at radius 1 is 1.11 bits per heavy atom. The number of hydrogen-bond acceptors (Lipinski definition) is 2. The summed E-state index contributed by atoms with van der Waals surface area (Å²) in [4.78, 5) is 0. The van der Waals surface area contributed by atoms with Crippen molar-refractivity contribution < 1.29 is 13.5 Å². The Kier molecular flexibility index (Phi) is 4.37. The van der Waals surface area contributed by atoms with E-state index < -0.39 is 11.6 Å². The lowest BCUT2D eigenvalue weighted by Gasteiger charge is -2.09. The molecule has 2 rings (SSSR count). The van der Waals surface area contributed by atoms with E-state index in [1.165, 1.54) is 12.1 Å². The van der Waals surface area contributed by atoms with E-state index in [0.717, 1.165) is 11.3 Å². The summed E-state index contributed by atoms with van der Waals surface area (Å²) in [6, 6.07) is 9.70. The van der Waals surface area contributed by atoms with Gasteiger partial charge in [-0.05, 0) is 29.8 Å². The first-order chi connectivity index (χ1) is 9.10. The molecule has 19 heavy (non-hydrogen) atoms. The SMILES string of the molecule is COc1ccc(CNc2c(F)cc(Br)cc2F)cc1. The Hall–Kier alpha value is -1.62. The molecule has 0 aliphatic heterocycles. The molecule has 2 aromatic carbocycles. The highest BCUT2D eigenvalue weighted by molar-refractivity contribution is 9.10. The minimum absolute atomic E-state index is 0.126. The predicted octanol–water partition coefficient (Wildman–Crippen LogP) is 4.35. The van der Waals surface area contributed by atoms with Gasteiger partial charge in [-0.3, -0.25) is 0 Å². The number of rotatable bonds is 4. The number of halogens is 3. The largest absolute Gasteiger partial charge is 0.497 e. The molecule has 0 spiro atoms. The van der Waals surface area contributed by atoms with E-state index in [9.17, 15) is 8.78 Å². The minimum Gasteiger partial charge on any atom is -0.497 e. The first kappa shape index (κ1) is 13.8. The van der Waals surface area contributed by atoms with Crippen molar-refractivity contribution in [2.24, 2.45) is 0 Å². The molecule has 0 fully saturated rings. The fraction of sp³-hybridized carbons (Fsp3) is 0.143. The molecule has 100 valence electrons. The standard InChI is InChI=1S/C14H12BrF2NO/c1-19-11-4-2-9(3-5-11)8-18-14-12(16)6-10(15)7-13(14)17/h2-7,18H,8H2,1H3. The molecule has 2 aromatic rings. The highest BCUT2D eigenvalue weighted by Crippen LogP contribution is 2.24. The molecule has 0 radical (unpaired) electrons. The summed E-state index contributed by atoms with van der Waals surface area (Å²) >= 11 is 3.04. The van der Waals surface area contributed by atoms with Gasteiger partial charge < -0.3 is 10.1 Å². The van der Waals surface area contributed by atoms with Crippen LogP contribution in [0.4, 0.5) is 14.5 Å². The zero-order chi connectivity index (χ0) is 13.8. The van der Waals surface area contributed by atoms with Crippen LogP contribution in [0.1, 0.15) is 5.56 Å². The molecule has 0 amide bonds. The maximum absolute atomic E-state index is 13.6. The Bertz CT molecular complexity index is 549. The average Bonchev–Trinajstić information content (AvgIpc) is 2.38. The van der Waals surface area contributed by atoms with Crippen LogP contribution in [0, 0.1) is 11.6 Å². The first-order valence-corrected chi connectivity index (χ1v) is 6.41. The second-order valence-corrected chi connectivity index (χ2v) is 4.86. The third-order valence-corrected chi connectivity index (χ3v) is 3.09. The molecule has 0 heterocycles. The highest BCUT2D eigenvalue weighted by atomic mass is 79.9. The van der Waals surface area contributed by atoms with Crippen LogP contribution < -0.4 is 10.1 Å². The number of benzene rings is 2. The predicted molar refractivity (Wildman–Crippen MR) is 74.4 cm³/mol. The van der Waals surface area contributed by atoms with Crippen molar-refractivity contribution in [3.8, 4) is 5.75 Å². The molecule has 1 N–H and O–H groups in total. The van der Waals surface area contributed by atoms with Gasteiger partial charge in [-0.25, -0.2) is 8.78 Å². The van der Waals surface area contributed by atoms with Crippen molar-refractivity contribution in [2.75, 3.05) is 12.4 Å². The van der Waals surface area contributed by atoms with Crippen molar-refractivity contribution in [1.29, 1.82) is 0 Å². The van der Waals surface area contributed by atoms with E-state index in [-0.39, 0.29) is 5.69 Å². The number of methoxy groups -OCH3 is 1. The quantitative estimate of drug-likeness (QED) is 0.901. The summed E-state index contributed by atoms with van der Waals surface area (Å²) in [5.74, 6) is -0.509. The van der Waals surface area contributed by atoms with Crippen molar-refractivity contribution in [3.05, 3.63) is 58.1 Å². The fourth-order valence-electron chi connectivity index (χ4n) is 1.64. The lowest BCUT2D eigenvalue weighted by Crippen LogP contribution is -2.04. The van der Waals surface area contributed by atoms with E-state index in [4.69, 9.17) is 4.74 Å². The fourth-order valence-corrected chi connectivity index (χ4v) is 2.05. The van der Waals surface area contributed by atoms with Crippen LogP contribution in [0.25, 0.3) is 0 Å². The smallest absolute Gasteiger partial charge is 0.150 e. The Labute approximate surface area is 118 Å². The van der Waals surface area contributed by atoms with Crippen molar-refractivity contribution in [3.63, 3.8) is 0 Å². The van der Waals surface area contributed by atoms with E-state index >= 15 is 0 Å². The summed E-state index contributed by atoms with van der Waals surface area (Å²) in [6.07, 6.45) is 0. The Morgan fingerprint density at radius 3 is 2.21 bits per heavy atom. The van der Waals surface area contributed by atoms with E-state index in [0.29, 0.717) is 11.0 Å². The molecule has 5 heteroatoms. The number of anilines is 1. The van der Waals surface area contributed by atoms with Gasteiger partial charge in [-0.2, -0.15) is 0 Å². The van der Waals surface area contributed by atoms with Crippen LogP contribution in [0.5, 0.6) is 5.75 Å². The van der Waals surface area contributed by atoms with Crippen LogP contribution in [0.15, 0.2) is 40.9 Å². The molecule has 0 atom stereocenters. The van der Waals surface area contributed by atoms with Gasteiger partial charge in [0.05, 0.1) is 7.11 Å². The molecule has 0 aliphatic rings. The van der Waals surface area contributed by atoms with Gasteiger partial charge in [-0.15, -0.1) is 0 Å². The molecule has 0 aromatic heterocycles. The van der Waals surface area contributed by atoms with Gasteiger partial charge in [0.2, 0.25) is 0 Å². The maximum atomic E-state index is 13.6. The molecule has 0 saturated carbocycles. The van der Waals surface area contributed by atoms with Gasteiger partial charge in [0.1, 0.15) is 23.1 Å². The normalized spacial score (nSPS) is 10.3. The molecule has 0 saturated heterocycles. The third kappa shape index (κ3) is 3.44. The van der Waals surface area contributed by atoms with Crippen molar-refractivity contribution in [2.45, 2.75) is 6.54 Å². The Morgan fingerprint density at radius 2 is 1.68 bits per heavy atom. The van der Waals surface area contributed by atoms with Gasteiger partial charge in [0, 0.05) is 11.0 Å². The van der Waals surface area contributed by atoms with Crippen LogP contribution in [-0.4, -0.2) is 7.11 Å². The average molecular weight is 328 g/mol. The third-order valence-electron chi connectivity index (χ3n) is 2.64. The van der Waals surface area contributed by atoms with Crippen LogP contribution in [-0.2, 0) is 6.54 Å². The number of ether oxygens (including phenoxy) is 1. The molecule has 0 aliphatic carbocycles. The number of nitrogens with one attached hydrogen (secondary N) is 1. The van der Waals surface area contributed by atoms with Gasteiger partial charge in [0.25, 0.3) is 0 Å². The van der Waals surface area contributed by atoms with E-state index in [2.05, 4.69) is 21.2 Å². The zero-order valence-corrected chi connectivity index (χ0v) is 11.8.